The first-order valence-corrected chi connectivity index (χ1v) is 7.23. The van der Waals surface area contributed by atoms with Crippen LogP contribution in [0.2, 0.25) is 0 Å². The van der Waals surface area contributed by atoms with Gasteiger partial charge in [0.15, 0.2) is 11.4 Å². The molecule has 19 heavy (non-hydrogen) atoms. The van der Waals surface area contributed by atoms with Crippen LogP contribution in [0, 0.1) is 0 Å². The van der Waals surface area contributed by atoms with Gasteiger partial charge in [-0.1, -0.05) is 13.8 Å². The van der Waals surface area contributed by atoms with Crippen LogP contribution in [0.5, 0.6) is 5.75 Å². The first-order valence-electron chi connectivity index (χ1n) is 6.70. The summed E-state index contributed by atoms with van der Waals surface area (Å²) in [7, 11) is 1.37. The lowest BCUT2D eigenvalue weighted by atomic mass is 10.1. The second kappa shape index (κ2) is 8.10. The second-order valence-corrected chi connectivity index (χ2v) is 4.61. The molecular weight excluding hydrogens is 266 g/mol. The molecule has 1 aromatic rings. The number of hydrogen-bond acceptors (Lipinski definition) is 3. The van der Waals surface area contributed by atoms with Crippen LogP contribution < -0.4 is 4.74 Å². The number of halogens is 1. The molecule has 0 radical (unpaired) electrons. The predicted molar refractivity (Wildman–Crippen MR) is 76.3 cm³/mol. The van der Waals surface area contributed by atoms with Crippen molar-refractivity contribution in [1.82, 2.24) is 4.98 Å². The number of H-pyrrole nitrogens is 1. The van der Waals surface area contributed by atoms with Gasteiger partial charge in [-0.3, -0.25) is 0 Å². The minimum atomic E-state index is -0.387. The maximum Gasteiger partial charge on any atom is 0.358 e. The molecule has 5 heteroatoms. The average molecular weight is 288 g/mol. The predicted octanol–water partition coefficient (Wildman–Crippen LogP) is 3.32. The van der Waals surface area contributed by atoms with Crippen LogP contribution in [0.1, 0.15) is 48.4 Å². The number of aromatic nitrogens is 1. The molecule has 0 saturated heterocycles. The number of aromatic amines is 1. The lowest BCUT2D eigenvalue weighted by Gasteiger charge is -2.08. The second-order valence-electron chi connectivity index (χ2n) is 4.23. The fraction of sp³-hybridized carbons (Fsp3) is 0.643. The minimum Gasteiger partial charge on any atom is -0.491 e. The van der Waals surface area contributed by atoms with E-state index in [1.54, 1.807) is 0 Å². The first-order chi connectivity index (χ1) is 9.19. The summed E-state index contributed by atoms with van der Waals surface area (Å²) in [4.78, 5) is 14.9. The van der Waals surface area contributed by atoms with E-state index in [0.29, 0.717) is 23.9 Å². The molecule has 1 N–H and O–H groups in total. The van der Waals surface area contributed by atoms with E-state index in [0.717, 1.165) is 36.9 Å². The summed E-state index contributed by atoms with van der Waals surface area (Å²) in [6, 6.07) is 0. The van der Waals surface area contributed by atoms with E-state index < -0.39 is 0 Å². The maximum atomic E-state index is 11.8. The highest BCUT2D eigenvalue weighted by Gasteiger charge is 2.22. The minimum absolute atomic E-state index is 0.387. The van der Waals surface area contributed by atoms with E-state index >= 15 is 0 Å². The van der Waals surface area contributed by atoms with Gasteiger partial charge in [0.2, 0.25) is 0 Å². The van der Waals surface area contributed by atoms with Crippen molar-refractivity contribution < 1.29 is 14.3 Å². The molecule has 0 atom stereocenters. The third-order valence-corrected chi connectivity index (χ3v) is 3.28. The number of ether oxygens (including phenoxy) is 2. The van der Waals surface area contributed by atoms with E-state index in [2.05, 4.69) is 11.9 Å². The van der Waals surface area contributed by atoms with Gasteiger partial charge in [-0.2, -0.15) is 0 Å². The summed E-state index contributed by atoms with van der Waals surface area (Å²) < 4.78 is 10.6. The lowest BCUT2D eigenvalue weighted by molar-refractivity contribution is 0.0589. The number of unbranched alkanes of at least 4 members (excludes halogenated alkanes) is 1. The number of carbonyl (C=O) groups is 1. The van der Waals surface area contributed by atoms with E-state index in [1.165, 1.54) is 7.11 Å². The van der Waals surface area contributed by atoms with Crippen molar-refractivity contribution >= 4 is 17.6 Å². The Kier molecular flexibility index (Phi) is 6.78. The van der Waals surface area contributed by atoms with Crippen molar-refractivity contribution in [3.8, 4) is 5.75 Å². The van der Waals surface area contributed by atoms with Crippen LogP contribution in [0.15, 0.2) is 0 Å². The van der Waals surface area contributed by atoms with Crippen molar-refractivity contribution in [2.75, 3.05) is 19.6 Å². The van der Waals surface area contributed by atoms with Gasteiger partial charge in [0, 0.05) is 17.1 Å². The highest BCUT2D eigenvalue weighted by molar-refractivity contribution is 6.17. The third kappa shape index (κ3) is 3.90. The highest BCUT2D eigenvalue weighted by atomic mass is 35.5. The van der Waals surface area contributed by atoms with Crippen molar-refractivity contribution in [3.05, 3.63) is 17.0 Å². The van der Waals surface area contributed by atoms with Crippen LogP contribution in [-0.2, 0) is 17.6 Å². The molecule has 0 aliphatic rings. The Balaban J connectivity index is 2.95. The molecule has 1 rings (SSSR count). The lowest BCUT2D eigenvalue weighted by Crippen LogP contribution is -2.07. The largest absolute Gasteiger partial charge is 0.491 e. The van der Waals surface area contributed by atoms with E-state index in [1.807, 2.05) is 6.92 Å². The molecule has 0 spiro atoms. The molecule has 108 valence electrons. The SMILES string of the molecule is CCc1[nH]c(C(=O)OC)c(OCCCCCl)c1CC. The summed E-state index contributed by atoms with van der Waals surface area (Å²) in [6.45, 7) is 4.66. The number of esters is 1. The Morgan fingerprint density at radius 3 is 2.53 bits per heavy atom. The number of hydrogen-bond donors (Lipinski definition) is 1. The quantitative estimate of drug-likeness (QED) is 0.453. The molecule has 1 aromatic heterocycles. The number of rotatable bonds is 8. The summed E-state index contributed by atoms with van der Waals surface area (Å²) in [5.41, 5.74) is 2.52. The van der Waals surface area contributed by atoms with Crippen LogP contribution in [0.25, 0.3) is 0 Å². The Morgan fingerprint density at radius 1 is 1.26 bits per heavy atom. The van der Waals surface area contributed by atoms with Gasteiger partial charge in [0.1, 0.15) is 0 Å². The standard InChI is InChI=1S/C14H22ClNO3/c1-4-10-11(5-2)16-12(14(17)18-3)13(10)19-9-7-6-8-15/h16H,4-9H2,1-3H3. The van der Waals surface area contributed by atoms with E-state index in [9.17, 15) is 4.79 Å². The van der Waals surface area contributed by atoms with Gasteiger partial charge < -0.3 is 14.5 Å². The molecule has 0 unspecified atom stereocenters. The first kappa shape index (κ1) is 15.9. The van der Waals surface area contributed by atoms with Crippen LogP contribution in [0.3, 0.4) is 0 Å². The summed E-state index contributed by atoms with van der Waals surface area (Å²) >= 11 is 5.64. The zero-order chi connectivity index (χ0) is 14.3. The van der Waals surface area contributed by atoms with Crippen LogP contribution >= 0.6 is 11.6 Å². The molecule has 1 heterocycles. The van der Waals surface area contributed by atoms with E-state index in [-0.39, 0.29) is 5.97 Å². The smallest absolute Gasteiger partial charge is 0.358 e. The van der Waals surface area contributed by atoms with Crippen LogP contribution in [0.4, 0.5) is 0 Å². The Bertz CT molecular complexity index is 415. The van der Waals surface area contributed by atoms with Crippen molar-refractivity contribution in [1.29, 1.82) is 0 Å². The Morgan fingerprint density at radius 2 is 2.00 bits per heavy atom. The number of nitrogens with one attached hydrogen (secondary N) is 1. The normalized spacial score (nSPS) is 10.5. The van der Waals surface area contributed by atoms with Gasteiger partial charge in [0.25, 0.3) is 0 Å². The molecule has 0 saturated carbocycles. The zero-order valence-electron chi connectivity index (χ0n) is 11.8. The summed E-state index contributed by atoms with van der Waals surface area (Å²) in [6.07, 6.45) is 3.43. The number of aryl methyl sites for hydroxylation is 1. The van der Waals surface area contributed by atoms with Gasteiger partial charge in [-0.05, 0) is 25.7 Å². The van der Waals surface area contributed by atoms with Crippen LogP contribution in [-0.4, -0.2) is 30.5 Å². The zero-order valence-corrected chi connectivity index (χ0v) is 12.6. The number of carbonyl (C=O) groups excluding carboxylic acids is 1. The molecule has 0 aliphatic heterocycles. The molecule has 0 aromatic carbocycles. The number of methoxy groups -OCH3 is 1. The van der Waals surface area contributed by atoms with Gasteiger partial charge in [-0.15, -0.1) is 11.6 Å². The molecule has 0 fully saturated rings. The molecule has 0 amide bonds. The molecule has 0 bridgehead atoms. The highest BCUT2D eigenvalue weighted by Crippen LogP contribution is 2.29. The average Bonchev–Trinajstić information content (AvgIpc) is 2.80. The number of alkyl halides is 1. The Hall–Kier alpha value is -1.16. The van der Waals surface area contributed by atoms with Crippen molar-refractivity contribution in [2.24, 2.45) is 0 Å². The summed E-state index contributed by atoms with van der Waals surface area (Å²) in [5, 5.41) is 0. The topological polar surface area (TPSA) is 51.3 Å². The fourth-order valence-corrected chi connectivity index (χ4v) is 2.21. The fourth-order valence-electron chi connectivity index (χ4n) is 2.02. The molecule has 4 nitrogen and oxygen atoms in total. The molecular formula is C14H22ClNO3. The third-order valence-electron chi connectivity index (χ3n) is 3.01. The van der Waals surface area contributed by atoms with Crippen molar-refractivity contribution in [2.45, 2.75) is 39.5 Å². The molecule has 0 aliphatic carbocycles. The summed E-state index contributed by atoms with van der Waals surface area (Å²) in [5.74, 6) is 0.879. The Labute approximate surface area is 119 Å². The van der Waals surface area contributed by atoms with Gasteiger partial charge in [-0.25, -0.2) is 4.79 Å². The van der Waals surface area contributed by atoms with Crippen molar-refractivity contribution in [3.63, 3.8) is 0 Å². The maximum absolute atomic E-state index is 11.8. The monoisotopic (exact) mass is 287 g/mol. The van der Waals surface area contributed by atoms with Gasteiger partial charge in [0.05, 0.1) is 13.7 Å². The van der Waals surface area contributed by atoms with Gasteiger partial charge >= 0.3 is 5.97 Å². The van der Waals surface area contributed by atoms with E-state index in [4.69, 9.17) is 21.1 Å².